The minimum atomic E-state index is -0.770. The number of nitrogens with one attached hydrogen (secondary N) is 2. The van der Waals surface area contributed by atoms with Gasteiger partial charge in [-0.05, 0) is 55.0 Å². The van der Waals surface area contributed by atoms with E-state index >= 15 is 0 Å². The summed E-state index contributed by atoms with van der Waals surface area (Å²) in [4.78, 5) is 24.5. The van der Waals surface area contributed by atoms with Crippen LogP contribution in [0, 0.1) is 0 Å². The first kappa shape index (κ1) is 21.7. The largest absolute Gasteiger partial charge is 0.479 e. The zero-order valence-corrected chi connectivity index (χ0v) is 17.7. The van der Waals surface area contributed by atoms with Crippen molar-refractivity contribution < 1.29 is 14.3 Å². The summed E-state index contributed by atoms with van der Waals surface area (Å²) in [6.45, 7) is 1.62. The van der Waals surface area contributed by atoms with E-state index in [2.05, 4.69) is 10.6 Å². The maximum Gasteiger partial charge on any atom is 0.265 e. The van der Waals surface area contributed by atoms with Gasteiger partial charge in [0.1, 0.15) is 5.75 Å². The zero-order valence-electron chi connectivity index (χ0n) is 16.2. The van der Waals surface area contributed by atoms with Crippen molar-refractivity contribution in [2.75, 3.05) is 10.6 Å². The number of hydrogen-bond acceptors (Lipinski definition) is 3. The van der Waals surface area contributed by atoms with Gasteiger partial charge in [-0.1, -0.05) is 53.5 Å². The van der Waals surface area contributed by atoms with E-state index in [-0.39, 0.29) is 11.8 Å². The van der Waals surface area contributed by atoms with E-state index in [0.717, 1.165) is 5.56 Å². The normalized spacial score (nSPS) is 11.4. The maximum absolute atomic E-state index is 12.4. The van der Waals surface area contributed by atoms with Crippen molar-refractivity contribution >= 4 is 46.4 Å². The van der Waals surface area contributed by atoms with Crippen molar-refractivity contribution in [3.8, 4) is 5.75 Å². The van der Waals surface area contributed by atoms with Crippen LogP contribution in [0.3, 0.4) is 0 Å². The van der Waals surface area contributed by atoms with E-state index in [1.54, 1.807) is 49.4 Å². The van der Waals surface area contributed by atoms with Crippen LogP contribution in [-0.4, -0.2) is 17.9 Å². The molecule has 0 saturated heterocycles. The molecule has 0 fully saturated rings. The van der Waals surface area contributed by atoms with Gasteiger partial charge in [0, 0.05) is 16.4 Å². The molecule has 3 rings (SSSR count). The highest BCUT2D eigenvalue weighted by Crippen LogP contribution is 2.28. The van der Waals surface area contributed by atoms with Gasteiger partial charge in [0.25, 0.3) is 5.91 Å². The van der Waals surface area contributed by atoms with Crippen molar-refractivity contribution in [1.29, 1.82) is 0 Å². The lowest BCUT2D eigenvalue weighted by atomic mass is 10.1. The van der Waals surface area contributed by atoms with Gasteiger partial charge in [0.2, 0.25) is 5.91 Å². The van der Waals surface area contributed by atoms with E-state index in [1.807, 2.05) is 30.3 Å². The molecule has 0 saturated carbocycles. The lowest BCUT2D eigenvalue weighted by Crippen LogP contribution is -2.30. The number of anilines is 2. The fourth-order valence-corrected chi connectivity index (χ4v) is 3.14. The van der Waals surface area contributed by atoms with Gasteiger partial charge in [-0.25, -0.2) is 0 Å². The SMILES string of the molecule is C[C@@H](Oc1ccc(Cl)cc1Cl)C(=O)Nc1ccc(NC(=O)Cc2ccccc2)cc1. The topological polar surface area (TPSA) is 67.4 Å². The summed E-state index contributed by atoms with van der Waals surface area (Å²) in [6.07, 6.45) is -0.476. The third-order valence-electron chi connectivity index (χ3n) is 4.21. The Labute approximate surface area is 185 Å². The maximum atomic E-state index is 12.4. The molecule has 0 radical (unpaired) electrons. The highest BCUT2D eigenvalue weighted by molar-refractivity contribution is 6.35. The summed E-state index contributed by atoms with van der Waals surface area (Å²) in [5.74, 6) is -0.0677. The molecule has 3 aromatic carbocycles. The van der Waals surface area contributed by atoms with Crippen LogP contribution in [0.15, 0.2) is 72.8 Å². The molecule has 5 nitrogen and oxygen atoms in total. The molecule has 2 amide bonds. The average Bonchev–Trinajstić information content (AvgIpc) is 2.72. The van der Waals surface area contributed by atoms with Crippen molar-refractivity contribution in [3.05, 3.63) is 88.4 Å². The number of ether oxygens (including phenoxy) is 1. The van der Waals surface area contributed by atoms with Gasteiger partial charge in [-0.15, -0.1) is 0 Å². The Hall–Kier alpha value is -3.02. The van der Waals surface area contributed by atoms with Gasteiger partial charge in [-0.2, -0.15) is 0 Å². The summed E-state index contributed by atoms with van der Waals surface area (Å²) in [6, 6.07) is 21.2. The highest BCUT2D eigenvalue weighted by Gasteiger charge is 2.16. The fraction of sp³-hybridized carbons (Fsp3) is 0.130. The molecule has 0 unspecified atom stereocenters. The van der Waals surface area contributed by atoms with Crippen LogP contribution in [0.25, 0.3) is 0 Å². The summed E-state index contributed by atoms with van der Waals surface area (Å²) >= 11 is 11.9. The fourth-order valence-electron chi connectivity index (χ4n) is 2.68. The predicted octanol–water partition coefficient (Wildman–Crippen LogP) is 5.58. The van der Waals surface area contributed by atoms with Crippen LogP contribution in [0.5, 0.6) is 5.75 Å². The van der Waals surface area contributed by atoms with Crippen LogP contribution in [-0.2, 0) is 16.0 Å². The van der Waals surface area contributed by atoms with Crippen LogP contribution < -0.4 is 15.4 Å². The third-order valence-corrected chi connectivity index (χ3v) is 4.74. The van der Waals surface area contributed by atoms with Crippen molar-refractivity contribution in [3.63, 3.8) is 0 Å². The van der Waals surface area contributed by atoms with E-state index in [0.29, 0.717) is 33.6 Å². The Balaban J connectivity index is 1.53. The molecule has 30 heavy (non-hydrogen) atoms. The van der Waals surface area contributed by atoms with Crippen LogP contribution in [0.2, 0.25) is 10.0 Å². The van der Waals surface area contributed by atoms with Crippen LogP contribution in [0.4, 0.5) is 11.4 Å². The molecule has 0 aliphatic carbocycles. The molecule has 1 atom stereocenters. The minimum absolute atomic E-state index is 0.111. The third kappa shape index (κ3) is 6.24. The minimum Gasteiger partial charge on any atom is -0.479 e. The second-order valence-corrected chi connectivity index (χ2v) is 7.46. The number of carbonyl (C=O) groups excluding carboxylic acids is 2. The second-order valence-electron chi connectivity index (χ2n) is 6.61. The zero-order chi connectivity index (χ0) is 21.5. The first-order valence-corrected chi connectivity index (χ1v) is 10.0. The van der Waals surface area contributed by atoms with E-state index in [9.17, 15) is 9.59 Å². The molecule has 154 valence electrons. The Morgan fingerprint density at radius 3 is 2.17 bits per heavy atom. The summed E-state index contributed by atoms with van der Waals surface area (Å²) in [5.41, 5.74) is 2.17. The van der Waals surface area contributed by atoms with Gasteiger partial charge in [0.15, 0.2) is 6.10 Å². The average molecular weight is 443 g/mol. The summed E-state index contributed by atoms with van der Waals surface area (Å²) in [7, 11) is 0. The van der Waals surface area contributed by atoms with E-state index in [4.69, 9.17) is 27.9 Å². The first-order chi connectivity index (χ1) is 14.4. The van der Waals surface area contributed by atoms with Gasteiger partial charge < -0.3 is 15.4 Å². The molecule has 0 aromatic heterocycles. The van der Waals surface area contributed by atoms with E-state index in [1.165, 1.54) is 0 Å². The van der Waals surface area contributed by atoms with Crippen molar-refractivity contribution in [1.82, 2.24) is 0 Å². The molecule has 7 heteroatoms. The van der Waals surface area contributed by atoms with Crippen LogP contribution in [0.1, 0.15) is 12.5 Å². The smallest absolute Gasteiger partial charge is 0.265 e. The monoisotopic (exact) mass is 442 g/mol. The highest BCUT2D eigenvalue weighted by atomic mass is 35.5. The lowest BCUT2D eigenvalue weighted by Gasteiger charge is -2.16. The van der Waals surface area contributed by atoms with Gasteiger partial charge in [0.05, 0.1) is 11.4 Å². The standard InChI is InChI=1S/C23H20Cl2N2O3/c1-15(30-21-12-7-17(24)14-20(21)25)23(29)27-19-10-8-18(9-11-19)26-22(28)13-16-5-3-2-4-6-16/h2-12,14-15H,13H2,1H3,(H,26,28)(H,27,29)/t15-/m1/s1. The number of benzene rings is 3. The Bertz CT molecular complexity index is 1020. The summed E-state index contributed by atoms with van der Waals surface area (Å²) in [5, 5.41) is 6.42. The summed E-state index contributed by atoms with van der Waals surface area (Å²) < 4.78 is 5.61. The number of rotatable bonds is 7. The molecule has 3 aromatic rings. The molecule has 0 bridgehead atoms. The number of hydrogen-bond donors (Lipinski definition) is 2. The first-order valence-electron chi connectivity index (χ1n) is 9.27. The van der Waals surface area contributed by atoms with Gasteiger partial charge in [-0.3, -0.25) is 9.59 Å². The van der Waals surface area contributed by atoms with Crippen molar-refractivity contribution in [2.24, 2.45) is 0 Å². The second kappa shape index (κ2) is 10.1. The molecule has 2 N–H and O–H groups in total. The molecule has 0 heterocycles. The molecule has 0 aliphatic rings. The Kier molecular flexibility index (Phi) is 7.33. The van der Waals surface area contributed by atoms with Crippen LogP contribution >= 0.6 is 23.2 Å². The van der Waals surface area contributed by atoms with Gasteiger partial charge >= 0.3 is 0 Å². The lowest BCUT2D eigenvalue weighted by molar-refractivity contribution is -0.122. The van der Waals surface area contributed by atoms with Crippen molar-refractivity contribution in [2.45, 2.75) is 19.4 Å². The number of carbonyl (C=O) groups is 2. The number of halogens is 2. The molecular formula is C23H20Cl2N2O3. The van der Waals surface area contributed by atoms with E-state index < -0.39 is 6.10 Å². The Morgan fingerprint density at radius 1 is 0.900 bits per heavy atom. The number of amides is 2. The Morgan fingerprint density at radius 2 is 1.53 bits per heavy atom. The molecule has 0 spiro atoms. The molecule has 0 aliphatic heterocycles. The molecular weight excluding hydrogens is 423 g/mol. The quantitative estimate of drug-likeness (QED) is 0.501. The predicted molar refractivity (Wildman–Crippen MR) is 120 cm³/mol.